The zero-order chi connectivity index (χ0) is 26.5. The Balaban J connectivity index is 1.58. The van der Waals surface area contributed by atoms with E-state index in [0.717, 1.165) is 61.2 Å². The number of fused-ring (bicyclic) bond motifs is 3. The van der Waals surface area contributed by atoms with E-state index in [9.17, 15) is 4.39 Å². The van der Waals surface area contributed by atoms with E-state index >= 15 is 0 Å². The molecule has 2 heterocycles. The van der Waals surface area contributed by atoms with Crippen LogP contribution in [0.25, 0.3) is 61.3 Å². The van der Waals surface area contributed by atoms with Gasteiger partial charge in [-0.3, -0.25) is 0 Å². The van der Waals surface area contributed by atoms with E-state index in [4.69, 9.17) is 4.42 Å². The van der Waals surface area contributed by atoms with Crippen LogP contribution in [0.5, 0.6) is 0 Å². The monoisotopic (exact) mass is 509 g/mol. The second-order valence-electron chi connectivity index (χ2n) is 9.91. The number of aromatic nitrogens is 2. The fourth-order valence-corrected chi connectivity index (χ4v) is 5.65. The molecule has 5 aromatic carbocycles. The molecule has 3 nitrogen and oxygen atoms in total. The molecule has 0 bridgehead atoms. The fourth-order valence-electron chi connectivity index (χ4n) is 5.65. The van der Waals surface area contributed by atoms with Crippen LogP contribution in [0.2, 0.25) is 0 Å². The van der Waals surface area contributed by atoms with Crippen molar-refractivity contribution in [1.82, 2.24) is 4.57 Å². The van der Waals surface area contributed by atoms with Crippen LogP contribution < -0.4 is 4.57 Å². The number of hydrogen-bond donors (Lipinski definition) is 0. The lowest BCUT2D eigenvalue weighted by Gasteiger charge is -2.15. The largest absolute Gasteiger partial charge is 0.455 e. The molecule has 0 amide bonds. The molecule has 0 spiro atoms. The minimum absolute atomic E-state index is 0.307. The lowest BCUT2D eigenvalue weighted by molar-refractivity contribution is -0.659. The van der Waals surface area contributed by atoms with Crippen molar-refractivity contribution in [2.75, 3.05) is 0 Å². The third kappa shape index (κ3) is 3.76. The molecule has 7 aromatic rings. The predicted octanol–water partition coefficient (Wildman–Crippen LogP) is 8.65. The van der Waals surface area contributed by atoms with Crippen LogP contribution in [0.3, 0.4) is 0 Å². The van der Waals surface area contributed by atoms with Gasteiger partial charge >= 0.3 is 0 Å². The van der Waals surface area contributed by atoms with Crippen LogP contribution in [-0.4, -0.2) is 4.57 Å². The van der Waals surface area contributed by atoms with Gasteiger partial charge in [-0.2, -0.15) is 4.57 Å². The predicted molar refractivity (Wildman–Crippen MR) is 155 cm³/mol. The van der Waals surface area contributed by atoms with Gasteiger partial charge in [-0.15, -0.1) is 0 Å². The molecule has 0 saturated carbocycles. The molecule has 0 aliphatic heterocycles. The van der Waals surface area contributed by atoms with E-state index in [1.165, 1.54) is 12.1 Å². The lowest BCUT2D eigenvalue weighted by Crippen LogP contribution is -2.29. The first-order chi connectivity index (χ1) is 19.1. The third-order valence-electron chi connectivity index (χ3n) is 7.48. The summed E-state index contributed by atoms with van der Waals surface area (Å²) in [5.41, 5.74) is 9.00. The SMILES string of the molecule is Cc1ccc2c(oc3cc(F)ccc32)c1-c1n(-c2c(-c3ccccc3)cccc2-c2ccccc2)cc[n+]1C. The Morgan fingerprint density at radius 2 is 1.36 bits per heavy atom. The number of para-hydroxylation sites is 1. The summed E-state index contributed by atoms with van der Waals surface area (Å²) in [5.74, 6) is 0.677. The van der Waals surface area contributed by atoms with E-state index in [-0.39, 0.29) is 5.82 Å². The number of aryl methyl sites for hydroxylation is 2. The Hall–Kier alpha value is -4.96. The van der Waals surface area contributed by atoms with Gasteiger partial charge in [0.05, 0.1) is 7.05 Å². The fraction of sp³-hybridized carbons (Fsp3) is 0.0571. The molecule has 0 aliphatic rings. The molecule has 0 atom stereocenters. The van der Waals surface area contributed by atoms with E-state index in [1.54, 1.807) is 6.07 Å². The number of rotatable bonds is 4. The minimum atomic E-state index is -0.307. The topological polar surface area (TPSA) is 21.9 Å². The van der Waals surface area contributed by atoms with Crippen LogP contribution >= 0.6 is 0 Å². The molecule has 39 heavy (non-hydrogen) atoms. The maximum absolute atomic E-state index is 14.1. The first-order valence-electron chi connectivity index (χ1n) is 13.0. The van der Waals surface area contributed by atoms with Crippen molar-refractivity contribution < 1.29 is 13.4 Å². The number of furan rings is 1. The Kier molecular flexibility index (Phi) is 5.41. The Morgan fingerprint density at radius 1 is 0.718 bits per heavy atom. The van der Waals surface area contributed by atoms with Gasteiger partial charge in [-0.1, -0.05) is 91.0 Å². The van der Waals surface area contributed by atoms with Crippen molar-refractivity contribution in [2.45, 2.75) is 6.92 Å². The second-order valence-corrected chi connectivity index (χ2v) is 9.91. The van der Waals surface area contributed by atoms with Crippen molar-refractivity contribution in [1.29, 1.82) is 0 Å². The summed E-state index contributed by atoms with van der Waals surface area (Å²) < 4.78 is 24.9. The summed E-state index contributed by atoms with van der Waals surface area (Å²) in [7, 11) is 2.06. The van der Waals surface area contributed by atoms with Gasteiger partial charge in [0.25, 0.3) is 5.82 Å². The average molecular weight is 510 g/mol. The zero-order valence-electron chi connectivity index (χ0n) is 21.7. The Bertz CT molecular complexity index is 1930. The molecular weight excluding hydrogens is 483 g/mol. The molecule has 0 radical (unpaired) electrons. The van der Waals surface area contributed by atoms with Crippen LogP contribution in [0.1, 0.15) is 5.56 Å². The zero-order valence-corrected chi connectivity index (χ0v) is 21.7. The maximum atomic E-state index is 14.1. The number of imidazole rings is 1. The summed E-state index contributed by atoms with van der Waals surface area (Å²) >= 11 is 0. The number of benzene rings is 5. The van der Waals surface area contributed by atoms with Crippen molar-refractivity contribution in [3.63, 3.8) is 0 Å². The molecule has 0 unspecified atom stereocenters. The maximum Gasteiger partial charge on any atom is 0.298 e. The minimum Gasteiger partial charge on any atom is -0.455 e. The van der Waals surface area contributed by atoms with Crippen molar-refractivity contribution >= 4 is 21.9 Å². The molecule has 0 aliphatic carbocycles. The highest BCUT2D eigenvalue weighted by Crippen LogP contribution is 2.41. The smallest absolute Gasteiger partial charge is 0.298 e. The number of halogens is 1. The van der Waals surface area contributed by atoms with Crippen LogP contribution in [-0.2, 0) is 7.05 Å². The highest BCUT2D eigenvalue weighted by Gasteiger charge is 2.29. The van der Waals surface area contributed by atoms with Crippen LogP contribution in [0, 0.1) is 12.7 Å². The quantitative estimate of drug-likeness (QED) is 0.218. The van der Waals surface area contributed by atoms with Gasteiger partial charge < -0.3 is 4.42 Å². The van der Waals surface area contributed by atoms with Crippen LogP contribution in [0.4, 0.5) is 4.39 Å². The molecular formula is C35H26FN2O+. The van der Waals surface area contributed by atoms with Gasteiger partial charge in [-0.25, -0.2) is 8.96 Å². The average Bonchev–Trinajstić information content (AvgIpc) is 3.53. The Morgan fingerprint density at radius 3 is 2.03 bits per heavy atom. The molecule has 4 heteroatoms. The molecule has 0 saturated heterocycles. The molecule has 2 aromatic heterocycles. The summed E-state index contributed by atoms with van der Waals surface area (Å²) in [6.07, 6.45) is 4.19. The first kappa shape index (κ1) is 23.2. The van der Waals surface area contributed by atoms with E-state index in [1.807, 2.05) is 12.1 Å². The lowest BCUT2D eigenvalue weighted by atomic mass is 9.95. The van der Waals surface area contributed by atoms with Crippen molar-refractivity contribution in [2.24, 2.45) is 7.05 Å². The van der Waals surface area contributed by atoms with Crippen LogP contribution in [0.15, 0.2) is 126 Å². The normalized spacial score (nSPS) is 11.5. The highest BCUT2D eigenvalue weighted by molar-refractivity contribution is 6.09. The van der Waals surface area contributed by atoms with E-state index < -0.39 is 0 Å². The van der Waals surface area contributed by atoms with E-state index in [2.05, 4.69) is 114 Å². The van der Waals surface area contributed by atoms with Gasteiger partial charge in [0, 0.05) is 28.0 Å². The second kappa shape index (κ2) is 9.10. The highest BCUT2D eigenvalue weighted by atomic mass is 19.1. The van der Waals surface area contributed by atoms with Crippen molar-refractivity contribution in [3.05, 3.63) is 133 Å². The van der Waals surface area contributed by atoms with Gasteiger partial charge in [-0.05, 0) is 35.7 Å². The summed E-state index contributed by atoms with van der Waals surface area (Å²) in [6.45, 7) is 2.10. The van der Waals surface area contributed by atoms with Gasteiger partial charge in [0.2, 0.25) is 0 Å². The number of hydrogen-bond acceptors (Lipinski definition) is 1. The van der Waals surface area contributed by atoms with Gasteiger partial charge in [0.15, 0.2) is 5.58 Å². The van der Waals surface area contributed by atoms with Crippen molar-refractivity contribution in [3.8, 4) is 39.3 Å². The molecule has 188 valence electrons. The molecule has 0 N–H and O–H groups in total. The summed E-state index contributed by atoms with van der Waals surface area (Å²) in [5, 5.41) is 1.88. The third-order valence-corrected chi connectivity index (χ3v) is 7.48. The number of nitrogens with zero attached hydrogens (tertiary/aromatic N) is 2. The van der Waals surface area contributed by atoms with E-state index in [0.29, 0.717) is 5.58 Å². The standard InChI is InChI=1S/C35H26FN2O/c1-23-16-18-30-29-19-17-26(36)22-31(29)39-34(30)32(23)35-37(2)20-21-38(35)33-27(24-10-5-3-6-11-24)14-9-15-28(33)25-12-7-4-8-13-25/h3-22H,1-2H3/q+1. The summed E-state index contributed by atoms with van der Waals surface area (Å²) in [4.78, 5) is 0. The summed E-state index contributed by atoms with van der Waals surface area (Å²) in [6, 6.07) is 36.4. The molecule has 7 rings (SSSR count). The van der Waals surface area contributed by atoms with Gasteiger partial charge in [0.1, 0.15) is 35.0 Å². The first-order valence-corrected chi connectivity index (χ1v) is 13.0. The Labute approximate surface area is 226 Å². The molecule has 0 fully saturated rings.